The Labute approximate surface area is 265 Å². The lowest BCUT2D eigenvalue weighted by Gasteiger charge is -2.29. The van der Waals surface area contributed by atoms with Crippen LogP contribution in [-0.4, -0.2) is 73.8 Å². The van der Waals surface area contributed by atoms with Crippen LogP contribution in [0.2, 0.25) is 0 Å². The van der Waals surface area contributed by atoms with Crippen molar-refractivity contribution >= 4 is 39.7 Å². The number of ether oxygens (including phenoxy) is 1. The monoisotopic (exact) mass is 669 g/mol. The van der Waals surface area contributed by atoms with Crippen LogP contribution in [0.4, 0.5) is 26.3 Å². The summed E-state index contributed by atoms with van der Waals surface area (Å²) in [5.74, 6) is -5.20. The third kappa shape index (κ3) is 8.33. The van der Waals surface area contributed by atoms with Gasteiger partial charge in [0.15, 0.2) is 5.75 Å². The third-order valence-corrected chi connectivity index (χ3v) is 7.51. The second-order valence-electron chi connectivity index (χ2n) is 12.1. The van der Waals surface area contributed by atoms with Crippen LogP contribution in [0.3, 0.4) is 0 Å². The van der Waals surface area contributed by atoms with Crippen molar-refractivity contribution in [2.45, 2.75) is 63.1 Å². The predicted molar refractivity (Wildman–Crippen MR) is 157 cm³/mol. The summed E-state index contributed by atoms with van der Waals surface area (Å²) in [4.78, 5) is 39.6. The number of fused-ring (bicyclic) bond motifs is 3. The topological polar surface area (TPSA) is 137 Å². The van der Waals surface area contributed by atoms with Crippen molar-refractivity contribution in [1.82, 2.24) is 20.9 Å². The number of esters is 1. The molecule has 2 atom stereocenters. The number of rotatable bonds is 12. The minimum Gasteiger partial charge on any atom is -0.456 e. The van der Waals surface area contributed by atoms with Crippen molar-refractivity contribution < 1.29 is 49.9 Å². The molecular formula is C31H33F6N5O5. The molecule has 0 bridgehead atoms. The number of nitriles is 1. The molecule has 1 saturated carbocycles. The fraction of sp³-hybridized carbons (Fsp3) is 0.484. The highest BCUT2D eigenvalue weighted by Gasteiger charge is 2.48. The Kier molecular flexibility index (Phi) is 10.1. The quantitative estimate of drug-likeness (QED) is 0.137. The fourth-order valence-electron chi connectivity index (χ4n) is 4.97. The number of hydrogen-bond donors (Lipinski definition) is 3. The number of benzene rings is 2. The molecule has 254 valence electrons. The average molecular weight is 670 g/mol. The Morgan fingerprint density at radius 3 is 2.30 bits per heavy atom. The number of furan rings is 1. The number of likely N-dealkylation sites (N-methyl/N-ethyl adjacent to an activating group) is 1. The van der Waals surface area contributed by atoms with Crippen molar-refractivity contribution in [2.75, 3.05) is 27.2 Å². The van der Waals surface area contributed by atoms with Gasteiger partial charge in [-0.3, -0.25) is 14.9 Å². The second kappa shape index (κ2) is 13.4. The number of carbonyl (C=O) groups excluding carboxylic acids is 3. The molecule has 4 rings (SSSR count). The van der Waals surface area contributed by atoms with Gasteiger partial charge >= 0.3 is 18.3 Å². The number of alkyl halides is 6. The average Bonchev–Trinajstić information content (AvgIpc) is 3.63. The van der Waals surface area contributed by atoms with E-state index in [-0.39, 0.29) is 46.4 Å². The number of halogens is 6. The molecule has 0 aliphatic heterocycles. The molecule has 0 saturated heterocycles. The molecular weight excluding hydrogens is 636 g/mol. The zero-order valence-electron chi connectivity index (χ0n) is 25.9. The van der Waals surface area contributed by atoms with Gasteiger partial charge in [-0.25, -0.2) is 4.79 Å². The van der Waals surface area contributed by atoms with Gasteiger partial charge in [0, 0.05) is 18.5 Å². The number of amides is 2. The molecule has 1 heterocycles. The van der Waals surface area contributed by atoms with E-state index in [9.17, 15) is 46.0 Å². The summed E-state index contributed by atoms with van der Waals surface area (Å²) in [6.45, 7) is 3.94. The van der Waals surface area contributed by atoms with Crippen LogP contribution in [0.25, 0.3) is 21.9 Å². The molecule has 16 heteroatoms. The van der Waals surface area contributed by atoms with E-state index in [4.69, 9.17) is 4.42 Å². The van der Waals surface area contributed by atoms with Crippen LogP contribution in [-0.2, 0) is 9.59 Å². The molecule has 2 aromatic carbocycles. The molecule has 1 aliphatic carbocycles. The number of nitrogens with zero attached hydrogens (tertiary/aromatic N) is 2. The van der Waals surface area contributed by atoms with Gasteiger partial charge < -0.3 is 24.7 Å². The minimum absolute atomic E-state index is 0.0140. The summed E-state index contributed by atoms with van der Waals surface area (Å²) < 4.78 is 93.7. The maximum absolute atomic E-state index is 14.5. The third-order valence-electron chi connectivity index (χ3n) is 7.51. The van der Waals surface area contributed by atoms with Crippen molar-refractivity contribution in [3.8, 4) is 11.8 Å². The standard InChI is InChI=1S/C31H33F6N5O5/c1-16(2)13-20(27(44)41-29(15-38)9-10-29)40-25(30(32,33)34)17-5-6-18-22(14-17)46-21-8-7-19(26(43)39-11-12-42(3)4)24(23(18)21)47-28(45)31(35,36)37/h5-8,14,16,20,25,40H,9-13H2,1-4H3,(H,39,43)(H,41,44)/t20-,25-/m0/s1. The minimum atomic E-state index is -5.43. The molecule has 0 radical (unpaired) electrons. The summed E-state index contributed by atoms with van der Waals surface area (Å²) in [5, 5.41) is 16.5. The van der Waals surface area contributed by atoms with E-state index in [1.165, 1.54) is 6.07 Å². The Morgan fingerprint density at radius 2 is 1.74 bits per heavy atom. The van der Waals surface area contributed by atoms with Crippen molar-refractivity contribution in [2.24, 2.45) is 5.92 Å². The zero-order valence-corrected chi connectivity index (χ0v) is 25.9. The molecule has 1 aromatic heterocycles. The van der Waals surface area contributed by atoms with Crippen LogP contribution in [0.1, 0.15) is 55.1 Å². The Morgan fingerprint density at radius 1 is 1.06 bits per heavy atom. The Balaban J connectivity index is 1.77. The molecule has 1 aliphatic rings. The predicted octanol–water partition coefficient (Wildman–Crippen LogP) is 5.13. The maximum Gasteiger partial charge on any atom is 0.491 e. The highest BCUT2D eigenvalue weighted by molar-refractivity contribution is 6.14. The molecule has 1 fully saturated rings. The molecule has 10 nitrogen and oxygen atoms in total. The van der Waals surface area contributed by atoms with Crippen LogP contribution in [0.5, 0.6) is 5.75 Å². The lowest BCUT2D eigenvalue weighted by Crippen LogP contribution is -2.52. The zero-order chi connectivity index (χ0) is 34.9. The highest BCUT2D eigenvalue weighted by atomic mass is 19.4. The summed E-state index contributed by atoms with van der Waals surface area (Å²) in [6, 6.07) is 3.75. The van der Waals surface area contributed by atoms with E-state index in [2.05, 4.69) is 20.7 Å². The van der Waals surface area contributed by atoms with E-state index in [1.54, 1.807) is 32.8 Å². The van der Waals surface area contributed by atoms with Gasteiger partial charge in [-0.05, 0) is 63.0 Å². The maximum atomic E-state index is 14.5. The van der Waals surface area contributed by atoms with E-state index < -0.39 is 59.1 Å². The first-order chi connectivity index (χ1) is 21.8. The summed E-state index contributed by atoms with van der Waals surface area (Å²) >= 11 is 0. The molecule has 3 aromatic rings. The SMILES string of the molecule is CC(C)C[C@H](N[C@@H](c1ccc2c(c1)oc1ccc(C(=O)NCCN(C)C)c(OC(=O)C(F)(F)F)c12)C(F)(F)F)C(=O)NC1(C#N)CC1. The lowest BCUT2D eigenvalue weighted by atomic mass is 9.98. The lowest BCUT2D eigenvalue weighted by molar-refractivity contribution is -0.189. The van der Waals surface area contributed by atoms with E-state index in [0.29, 0.717) is 19.4 Å². The fourth-order valence-corrected chi connectivity index (χ4v) is 4.97. The normalized spacial score (nSPS) is 15.8. The van der Waals surface area contributed by atoms with Crippen LogP contribution in [0.15, 0.2) is 34.7 Å². The van der Waals surface area contributed by atoms with Crippen molar-refractivity contribution in [1.29, 1.82) is 5.26 Å². The number of carbonyl (C=O) groups is 3. The van der Waals surface area contributed by atoms with Gasteiger partial charge in [-0.15, -0.1) is 0 Å². The van der Waals surface area contributed by atoms with Crippen LogP contribution in [0, 0.1) is 17.2 Å². The first-order valence-electron chi connectivity index (χ1n) is 14.6. The van der Waals surface area contributed by atoms with Crippen molar-refractivity contribution in [3.05, 3.63) is 41.5 Å². The summed E-state index contributed by atoms with van der Waals surface area (Å²) in [6.07, 6.45) is -9.57. The van der Waals surface area contributed by atoms with Gasteiger partial charge in [0.25, 0.3) is 5.91 Å². The second-order valence-corrected chi connectivity index (χ2v) is 12.1. The van der Waals surface area contributed by atoms with E-state index >= 15 is 0 Å². The van der Waals surface area contributed by atoms with Crippen LogP contribution < -0.4 is 20.7 Å². The van der Waals surface area contributed by atoms with E-state index in [0.717, 1.165) is 24.3 Å². The molecule has 47 heavy (non-hydrogen) atoms. The van der Waals surface area contributed by atoms with Crippen molar-refractivity contribution in [3.63, 3.8) is 0 Å². The van der Waals surface area contributed by atoms with Gasteiger partial charge in [-0.2, -0.15) is 31.6 Å². The number of nitrogens with one attached hydrogen (secondary N) is 3. The molecule has 3 N–H and O–H groups in total. The van der Waals surface area contributed by atoms with Gasteiger partial charge in [0.05, 0.1) is 23.1 Å². The molecule has 0 unspecified atom stereocenters. The van der Waals surface area contributed by atoms with Gasteiger partial charge in [0.1, 0.15) is 22.7 Å². The Hall–Kier alpha value is -4.36. The molecule has 2 amide bonds. The summed E-state index contributed by atoms with van der Waals surface area (Å²) in [5.41, 5.74) is -2.29. The van der Waals surface area contributed by atoms with Crippen LogP contribution >= 0.6 is 0 Å². The van der Waals surface area contributed by atoms with E-state index in [1.807, 2.05) is 6.07 Å². The van der Waals surface area contributed by atoms with Gasteiger partial charge in [0.2, 0.25) is 5.91 Å². The first-order valence-corrected chi connectivity index (χ1v) is 14.6. The number of hydrogen-bond acceptors (Lipinski definition) is 8. The summed E-state index contributed by atoms with van der Waals surface area (Å²) in [7, 11) is 3.47. The largest absolute Gasteiger partial charge is 0.491 e. The smallest absolute Gasteiger partial charge is 0.456 e. The highest BCUT2D eigenvalue weighted by Crippen LogP contribution is 2.42. The first kappa shape index (κ1) is 35.5. The van der Waals surface area contributed by atoms with Gasteiger partial charge in [-0.1, -0.05) is 26.0 Å². The molecule has 0 spiro atoms. The Bertz CT molecular complexity index is 1700.